The van der Waals surface area contributed by atoms with E-state index in [0.29, 0.717) is 34.1 Å². The van der Waals surface area contributed by atoms with Crippen LogP contribution >= 0.6 is 0 Å². The van der Waals surface area contributed by atoms with Gasteiger partial charge in [-0.1, -0.05) is 6.07 Å². The van der Waals surface area contributed by atoms with Crippen LogP contribution in [0.5, 0.6) is 23.0 Å². The lowest BCUT2D eigenvalue weighted by molar-refractivity contribution is 0.0852. The first-order valence-electron chi connectivity index (χ1n) is 8.16. The molecule has 1 aliphatic heterocycles. The number of hydrogen-bond donors (Lipinski definition) is 0. The Balaban J connectivity index is 1.79. The molecular formula is C20H18O6. The van der Waals surface area contributed by atoms with Gasteiger partial charge in [-0.3, -0.25) is 4.79 Å². The fraction of sp³-hybridized carbons (Fsp3) is 0.250. The molecule has 0 saturated carbocycles. The zero-order chi connectivity index (χ0) is 18.3. The normalized spacial score (nSPS) is 16.1. The van der Waals surface area contributed by atoms with Crippen LogP contribution in [-0.2, 0) is 0 Å². The molecule has 2 aromatic carbocycles. The Morgan fingerprint density at radius 3 is 2.46 bits per heavy atom. The van der Waals surface area contributed by atoms with Crippen molar-refractivity contribution in [2.24, 2.45) is 0 Å². The SMILES string of the molecule is COc1ccc(C2CC(=O)c3cc(OC)c4occc4c3O2)cc1OC. The first-order valence-corrected chi connectivity index (χ1v) is 8.16. The topological polar surface area (TPSA) is 67.1 Å². The number of furan rings is 1. The van der Waals surface area contributed by atoms with E-state index in [-0.39, 0.29) is 12.2 Å². The first kappa shape index (κ1) is 16.3. The molecule has 0 amide bonds. The number of carbonyl (C=O) groups is 1. The van der Waals surface area contributed by atoms with Gasteiger partial charge in [0.25, 0.3) is 0 Å². The molecule has 0 radical (unpaired) electrons. The van der Waals surface area contributed by atoms with Crippen LogP contribution in [0.1, 0.15) is 28.4 Å². The van der Waals surface area contributed by atoms with Crippen molar-refractivity contribution in [1.29, 1.82) is 0 Å². The number of Topliss-reactive ketones (excluding diaryl/α,β-unsaturated/α-hetero) is 1. The molecule has 0 spiro atoms. The third-order valence-corrected chi connectivity index (χ3v) is 4.58. The summed E-state index contributed by atoms with van der Waals surface area (Å²) in [7, 11) is 4.70. The standard InChI is InChI=1S/C20H18O6/c1-22-15-5-4-11(8-17(15)23-2)16-10-14(21)13-9-18(24-3)20-12(6-7-25-20)19(13)26-16/h4-9,16H,10H2,1-3H3. The Labute approximate surface area is 150 Å². The minimum Gasteiger partial charge on any atom is -0.493 e. The Hall–Kier alpha value is -3.15. The van der Waals surface area contributed by atoms with Crippen LogP contribution < -0.4 is 18.9 Å². The van der Waals surface area contributed by atoms with Crippen LogP contribution in [0.3, 0.4) is 0 Å². The van der Waals surface area contributed by atoms with E-state index < -0.39 is 6.10 Å². The van der Waals surface area contributed by atoms with Gasteiger partial charge in [0, 0.05) is 0 Å². The van der Waals surface area contributed by atoms with Crippen molar-refractivity contribution in [3.05, 3.63) is 47.7 Å². The van der Waals surface area contributed by atoms with Crippen molar-refractivity contribution in [1.82, 2.24) is 0 Å². The minimum atomic E-state index is -0.415. The molecule has 4 rings (SSSR count). The van der Waals surface area contributed by atoms with Crippen LogP contribution in [0, 0.1) is 0 Å². The van der Waals surface area contributed by atoms with E-state index in [4.69, 9.17) is 23.4 Å². The minimum absolute atomic E-state index is 0.00700. The van der Waals surface area contributed by atoms with Crippen molar-refractivity contribution in [2.45, 2.75) is 12.5 Å². The van der Waals surface area contributed by atoms with Gasteiger partial charge in [0.1, 0.15) is 11.9 Å². The Morgan fingerprint density at radius 1 is 0.962 bits per heavy atom. The molecule has 0 bridgehead atoms. The first-order chi connectivity index (χ1) is 12.7. The van der Waals surface area contributed by atoms with Gasteiger partial charge in [0.05, 0.1) is 45.0 Å². The molecule has 0 aliphatic carbocycles. The van der Waals surface area contributed by atoms with Crippen LogP contribution in [0.4, 0.5) is 0 Å². The molecule has 3 aromatic rings. The van der Waals surface area contributed by atoms with E-state index in [1.165, 1.54) is 0 Å². The summed E-state index contributed by atoms with van der Waals surface area (Å²) in [6.45, 7) is 0. The monoisotopic (exact) mass is 354 g/mol. The zero-order valence-corrected chi connectivity index (χ0v) is 14.7. The maximum absolute atomic E-state index is 12.8. The second kappa shape index (κ2) is 6.29. The molecule has 0 fully saturated rings. The number of methoxy groups -OCH3 is 3. The van der Waals surface area contributed by atoms with Crippen LogP contribution in [0.2, 0.25) is 0 Å². The molecule has 0 N–H and O–H groups in total. The molecule has 6 heteroatoms. The van der Waals surface area contributed by atoms with Gasteiger partial charge in [-0.25, -0.2) is 0 Å². The molecule has 0 saturated heterocycles. The van der Waals surface area contributed by atoms with Gasteiger partial charge in [-0.05, 0) is 29.8 Å². The van der Waals surface area contributed by atoms with E-state index in [1.54, 1.807) is 45.8 Å². The third kappa shape index (κ3) is 2.45. The highest BCUT2D eigenvalue weighted by Crippen LogP contribution is 2.44. The van der Waals surface area contributed by atoms with E-state index in [2.05, 4.69) is 0 Å². The molecule has 26 heavy (non-hydrogen) atoms. The Kier molecular flexibility index (Phi) is 3.95. The summed E-state index contributed by atoms with van der Waals surface area (Å²) in [5.41, 5.74) is 1.91. The summed E-state index contributed by atoms with van der Waals surface area (Å²) in [5, 5.41) is 0.720. The lowest BCUT2D eigenvalue weighted by Crippen LogP contribution is -2.20. The third-order valence-electron chi connectivity index (χ3n) is 4.58. The smallest absolute Gasteiger partial charge is 0.179 e. The van der Waals surface area contributed by atoms with Gasteiger partial charge in [0.15, 0.2) is 28.6 Å². The largest absolute Gasteiger partial charge is 0.493 e. The van der Waals surface area contributed by atoms with Crippen LogP contribution in [0.15, 0.2) is 41.0 Å². The van der Waals surface area contributed by atoms with E-state index in [1.807, 2.05) is 12.1 Å². The number of carbonyl (C=O) groups excluding carboxylic acids is 1. The molecule has 1 unspecified atom stereocenters. The molecule has 6 nitrogen and oxygen atoms in total. The number of rotatable bonds is 4. The van der Waals surface area contributed by atoms with Gasteiger partial charge in [-0.2, -0.15) is 0 Å². The lowest BCUT2D eigenvalue weighted by atomic mass is 9.94. The highest BCUT2D eigenvalue weighted by molar-refractivity contribution is 6.07. The molecule has 1 aliphatic rings. The zero-order valence-electron chi connectivity index (χ0n) is 14.7. The summed E-state index contributed by atoms with van der Waals surface area (Å²) in [6.07, 6.45) is 1.37. The Bertz CT molecular complexity index is 987. The van der Waals surface area contributed by atoms with E-state index in [0.717, 1.165) is 10.9 Å². The summed E-state index contributed by atoms with van der Waals surface area (Å²) in [6, 6.07) is 8.96. The Morgan fingerprint density at radius 2 is 1.73 bits per heavy atom. The molecule has 1 atom stereocenters. The number of benzene rings is 2. The number of ether oxygens (including phenoxy) is 4. The second-order valence-electron chi connectivity index (χ2n) is 5.97. The van der Waals surface area contributed by atoms with Crippen molar-refractivity contribution >= 4 is 16.8 Å². The quantitative estimate of drug-likeness (QED) is 0.701. The second-order valence-corrected chi connectivity index (χ2v) is 5.97. The van der Waals surface area contributed by atoms with Crippen LogP contribution in [-0.4, -0.2) is 27.1 Å². The number of fused-ring (bicyclic) bond motifs is 3. The van der Waals surface area contributed by atoms with Crippen molar-refractivity contribution in [3.63, 3.8) is 0 Å². The number of ketones is 1. The summed E-state index contributed by atoms with van der Waals surface area (Å²) in [4.78, 5) is 12.8. The molecule has 1 aromatic heterocycles. The van der Waals surface area contributed by atoms with Crippen molar-refractivity contribution in [2.75, 3.05) is 21.3 Å². The number of hydrogen-bond acceptors (Lipinski definition) is 6. The molecule has 2 heterocycles. The molecule has 134 valence electrons. The predicted molar refractivity (Wildman–Crippen MR) is 94.6 cm³/mol. The highest BCUT2D eigenvalue weighted by Gasteiger charge is 2.31. The maximum atomic E-state index is 12.8. The maximum Gasteiger partial charge on any atom is 0.179 e. The van der Waals surface area contributed by atoms with Gasteiger partial charge in [0.2, 0.25) is 0 Å². The summed E-state index contributed by atoms with van der Waals surface area (Å²) < 4.78 is 27.7. The molecular weight excluding hydrogens is 336 g/mol. The average molecular weight is 354 g/mol. The van der Waals surface area contributed by atoms with Crippen LogP contribution in [0.25, 0.3) is 11.0 Å². The lowest BCUT2D eigenvalue weighted by Gasteiger charge is -2.27. The van der Waals surface area contributed by atoms with E-state index >= 15 is 0 Å². The fourth-order valence-corrected chi connectivity index (χ4v) is 3.27. The van der Waals surface area contributed by atoms with Gasteiger partial charge in [-0.15, -0.1) is 0 Å². The van der Waals surface area contributed by atoms with Crippen molar-refractivity contribution in [3.8, 4) is 23.0 Å². The van der Waals surface area contributed by atoms with Gasteiger partial charge >= 0.3 is 0 Å². The van der Waals surface area contributed by atoms with E-state index in [9.17, 15) is 4.79 Å². The van der Waals surface area contributed by atoms with Crippen molar-refractivity contribution < 1.29 is 28.2 Å². The highest BCUT2D eigenvalue weighted by atomic mass is 16.5. The summed E-state index contributed by atoms with van der Waals surface area (Å²) >= 11 is 0. The fourth-order valence-electron chi connectivity index (χ4n) is 3.27. The predicted octanol–water partition coefficient (Wildman–Crippen LogP) is 4.17. The van der Waals surface area contributed by atoms with Gasteiger partial charge < -0.3 is 23.4 Å². The average Bonchev–Trinajstić information content (AvgIpc) is 3.17. The summed E-state index contributed by atoms with van der Waals surface area (Å²) in [5.74, 6) is 2.25.